The lowest BCUT2D eigenvalue weighted by Gasteiger charge is -2.25. The van der Waals surface area contributed by atoms with E-state index >= 15 is 0 Å². The Balaban J connectivity index is 4.22. The fourth-order valence-corrected chi connectivity index (χ4v) is 9.34. The fraction of sp³-hybridized carbons (Fsp3) is 0.637. The standard InChI is InChI=1S/C80H131NO8/c1-6-8-10-12-14-16-18-20-22-24-26-28-30-32-34-35-36-37-38-39-40-41-42-43-45-47-49-51-53-55-57-59-61-63-65-67-69-71-78(83)89-76(75-88-80(79(84)85)86-73-72-81(3,4)5)74-87-77(82)70-68-66-64-62-60-58-56-54-52-50-48-46-44-33-31-29-27-25-23-21-19-17-15-13-11-9-7-2/h8,10,14,16,19-22,25-28,31-34,36-37,39-40,42-43,47,49,53,55,76,80H,6-7,9,11-13,15,17-18,23-24,29-30,35,38,41,44-46,48,50-52,54,56-75H2,1-5H3/p+1/b10-8-,16-14-,21-19-,22-20-,27-25-,28-26-,33-31-,34-32-,37-36-,40-39-,43-42-,49-47-,55-53-. The zero-order valence-electron chi connectivity index (χ0n) is 57.5. The van der Waals surface area contributed by atoms with Crippen LogP contribution in [0.2, 0.25) is 0 Å². The van der Waals surface area contributed by atoms with Gasteiger partial charge in [0.05, 0.1) is 34.4 Å². The number of carbonyl (C=O) groups is 3. The molecule has 0 heterocycles. The minimum Gasteiger partial charge on any atom is -0.477 e. The quantitative estimate of drug-likeness (QED) is 0.0211. The summed E-state index contributed by atoms with van der Waals surface area (Å²) in [5, 5.41) is 9.75. The summed E-state index contributed by atoms with van der Waals surface area (Å²) in [5.41, 5.74) is 0. The van der Waals surface area contributed by atoms with E-state index in [9.17, 15) is 19.5 Å². The highest BCUT2D eigenvalue weighted by Gasteiger charge is 2.25. The van der Waals surface area contributed by atoms with Crippen LogP contribution in [0.25, 0.3) is 0 Å². The number of hydrogen-bond acceptors (Lipinski definition) is 7. The predicted octanol–water partition coefficient (Wildman–Crippen LogP) is 22.5. The van der Waals surface area contributed by atoms with Crippen molar-refractivity contribution in [3.05, 3.63) is 158 Å². The van der Waals surface area contributed by atoms with Gasteiger partial charge in [0, 0.05) is 12.8 Å². The van der Waals surface area contributed by atoms with Crippen LogP contribution in [0.15, 0.2) is 158 Å². The number of esters is 2. The maximum atomic E-state index is 12.9. The summed E-state index contributed by atoms with van der Waals surface area (Å²) in [5.74, 6) is -2.04. The van der Waals surface area contributed by atoms with Crippen molar-refractivity contribution in [2.45, 2.75) is 283 Å². The molecular formula is C80H132NO8+. The average molecular weight is 1240 g/mol. The van der Waals surface area contributed by atoms with Crippen LogP contribution in [0.4, 0.5) is 0 Å². The molecule has 0 spiro atoms. The number of ether oxygens (including phenoxy) is 4. The minimum absolute atomic E-state index is 0.176. The zero-order valence-corrected chi connectivity index (χ0v) is 57.5. The molecule has 0 radical (unpaired) electrons. The topological polar surface area (TPSA) is 108 Å². The highest BCUT2D eigenvalue weighted by molar-refractivity contribution is 5.71. The lowest BCUT2D eigenvalue weighted by Crippen LogP contribution is -2.40. The minimum atomic E-state index is -1.53. The van der Waals surface area contributed by atoms with Crippen LogP contribution in [0.3, 0.4) is 0 Å². The molecule has 0 amide bonds. The van der Waals surface area contributed by atoms with Gasteiger partial charge in [0.2, 0.25) is 0 Å². The third-order valence-electron chi connectivity index (χ3n) is 14.8. The van der Waals surface area contributed by atoms with Crippen LogP contribution in [-0.4, -0.2) is 87.4 Å². The Hall–Kier alpha value is -5.09. The van der Waals surface area contributed by atoms with Crippen LogP contribution >= 0.6 is 0 Å². The van der Waals surface area contributed by atoms with Crippen LogP contribution in [0.5, 0.6) is 0 Å². The molecule has 504 valence electrons. The Morgan fingerprint density at radius 3 is 0.955 bits per heavy atom. The van der Waals surface area contributed by atoms with Crippen molar-refractivity contribution in [1.82, 2.24) is 0 Å². The Bertz CT molecular complexity index is 2020. The van der Waals surface area contributed by atoms with E-state index in [-0.39, 0.29) is 38.6 Å². The van der Waals surface area contributed by atoms with Gasteiger partial charge in [-0.15, -0.1) is 0 Å². The van der Waals surface area contributed by atoms with Gasteiger partial charge >= 0.3 is 17.9 Å². The summed E-state index contributed by atoms with van der Waals surface area (Å²) in [6.07, 6.45) is 99.2. The van der Waals surface area contributed by atoms with E-state index in [0.717, 1.165) is 135 Å². The van der Waals surface area contributed by atoms with Gasteiger partial charge in [-0.25, -0.2) is 4.79 Å². The molecule has 0 fully saturated rings. The Morgan fingerprint density at radius 1 is 0.348 bits per heavy atom. The summed E-state index contributed by atoms with van der Waals surface area (Å²) in [7, 11) is 5.96. The number of carboxylic acid groups (broad SMARTS) is 1. The molecule has 9 nitrogen and oxygen atoms in total. The van der Waals surface area contributed by atoms with E-state index in [1.807, 2.05) is 21.1 Å². The van der Waals surface area contributed by atoms with E-state index in [2.05, 4.69) is 172 Å². The van der Waals surface area contributed by atoms with E-state index < -0.39 is 24.3 Å². The van der Waals surface area contributed by atoms with E-state index in [1.165, 1.54) is 103 Å². The highest BCUT2D eigenvalue weighted by Crippen LogP contribution is 2.16. The number of likely N-dealkylation sites (N-methyl/N-ethyl adjacent to an activating group) is 1. The maximum Gasteiger partial charge on any atom is 0.361 e. The molecule has 0 saturated heterocycles. The average Bonchev–Trinajstić information content (AvgIpc) is 3.70. The number of hydrogen-bond donors (Lipinski definition) is 1. The maximum absolute atomic E-state index is 12.9. The molecule has 0 aliphatic heterocycles. The van der Waals surface area contributed by atoms with Crippen LogP contribution in [0, 0.1) is 0 Å². The van der Waals surface area contributed by atoms with Gasteiger partial charge in [0.1, 0.15) is 13.2 Å². The molecular weight excluding hydrogens is 1100 g/mol. The molecule has 89 heavy (non-hydrogen) atoms. The Morgan fingerprint density at radius 2 is 0.640 bits per heavy atom. The molecule has 1 N–H and O–H groups in total. The first-order chi connectivity index (χ1) is 43.6. The first-order valence-electron chi connectivity index (χ1n) is 35.6. The largest absolute Gasteiger partial charge is 0.477 e. The number of carboxylic acids is 1. The summed E-state index contributed by atoms with van der Waals surface area (Å²) >= 11 is 0. The van der Waals surface area contributed by atoms with Crippen LogP contribution in [-0.2, 0) is 33.3 Å². The van der Waals surface area contributed by atoms with Gasteiger partial charge in [-0.3, -0.25) is 9.59 Å². The lowest BCUT2D eigenvalue weighted by atomic mass is 10.0. The summed E-state index contributed by atoms with van der Waals surface area (Å²) < 4.78 is 23.0. The van der Waals surface area contributed by atoms with Crippen molar-refractivity contribution in [3.8, 4) is 0 Å². The SMILES string of the molecule is CC/C=C\C/C=C\C/C=C\C/C=C\C/C=C\C/C=C\C/C=C\C/C=C\C/C=C\C/C=C\CCCCCCCCC(=O)OC(COC(=O)CCCCCCCCCCCCCC/C=C\C/C=C\C/C=C\CCCCCCC)COC(OCC[N+](C)(C)C)C(=O)O. The number of unbranched alkanes of at least 4 members (excludes halogenated alkanes) is 23. The molecule has 0 aromatic heterocycles. The number of allylic oxidation sites excluding steroid dienone is 26. The third-order valence-corrected chi connectivity index (χ3v) is 14.8. The van der Waals surface area contributed by atoms with E-state index in [0.29, 0.717) is 17.4 Å². The van der Waals surface area contributed by atoms with E-state index in [1.54, 1.807) is 0 Å². The molecule has 0 aliphatic rings. The Labute approximate surface area is 546 Å². The van der Waals surface area contributed by atoms with Gasteiger partial charge in [-0.1, -0.05) is 287 Å². The van der Waals surface area contributed by atoms with Gasteiger partial charge in [0.25, 0.3) is 6.29 Å². The molecule has 9 heteroatoms. The number of carbonyl (C=O) groups excluding carboxylic acids is 2. The second-order valence-corrected chi connectivity index (χ2v) is 24.5. The summed E-state index contributed by atoms with van der Waals surface area (Å²) in [6.45, 7) is 4.73. The lowest BCUT2D eigenvalue weighted by molar-refractivity contribution is -0.870. The second kappa shape index (κ2) is 68.8. The number of aliphatic carboxylic acids is 1. The number of rotatable bonds is 64. The molecule has 0 aromatic carbocycles. The Kier molecular flexibility index (Phi) is 64.9. The van der Waals surface area contributed by atoms with Crippen molar-refractivity contribution >= 4 is 17.9 Å². The second-order valence-electron chi connectivity index (χ2n) is 24.5. The summed E-state index contributed by atoms with van der Waals surface area (Å²) in [6, 6.07) is 0. The van der Waals surface area contributed by atoms with Crippen molar-refractivity contribution in [1.29, 1.82) is 0 Å². The first-order valence-corrected chi connectivity index (χ1v) is 35.6. The third kappa shape index (κ3) is 70.2. The number of quaternary nitrogens is 1. The summed E-state index contributed by atoms with van der Waals surface area (Å²) in [4.78, 5) is 37.6. The molecule has 2 unspecified atom stereocenters. The van der Waals surface area contributed by atoms with Gasteiger partial charge < -0.3 is 28.5 Å². The van der Waals surface area contributed by atoms with Crippen molar-refractivity contribution < 1.29 is 42.9 Å². The van der Waals surface area contributed by atoms with Gasteiger partial charge in [0.15, 0.2) is 6.10 Å². The molecule has 0 bridgehead atoms. The fourth-order valence-electron chi connectivity index (χ4n) is 9.34. The molecule has 0 aromatic rings. The molecule has 2 atom stereocenters. The number of nitrogens with zero attached hydrogens (tertiary/aromatic N) is 1. The molecule has 0 rings (SSSR count). The van der Waals surface area contributed by atoms with Crippen LogP contribution < -0.4 is 0 Å². The van der Waals surface area contributed by atoms with Gasteiger partial charge in [-0.05, 0) is 128 Å². The van der Waals surface area contributed by atoms with Crippen molar-refractivity contribution in [2.75, 3.05) is 47.5 Å². The molecule has 0 saturated carbocycles. The smallest absolute Gasteiger partial charge is 0.361 e. The normalized spacial score (nSPS) is 13.7. The first kappa shape index (κ1) is 83.9. The van der Waals surface area contributed by atoms with Crippen molar-refractivity contribution in [3.63, 3.8) is 0 Å². The predicted molar refractivity (Wildman–Crippen MR) is 382 cm³/mol. The highest BCUT2D eigenvalue weighted by atomic mass is 16.7. The van der Waals surface area contributed by atoms with Gasteiger partial charge in [-0.2, -0.15) is 0 Å². The van der Waals surface area contributed by atoms with Crippen molar-refractivity contribution in [2.24, 2.45) is 0 Å². The monoisotopic (exact) mass is 1230 g/mol. The van der Waals surface area contributed by atoms with Crippen LogP contribution in [0.1, 0.15) is 271 Å². The van der Waals surface area contributed by atoms with E-state index in [4.69, 9.17) is 18.9 Å². The molecule has 0 aliphatic carbocycles. The zero-order chi connectivity index (χ0) is 64.7.